The Balaban J connectivity index is 1.73. The molecule has 3 aromatic rings. The highest BCUT2D eigenvalue weighted by Gasteiger charge is 2.26. The maximum absolute atomic E-state index is 13.4. The van der Waals surface area contributed by atoms with E-state index in [1.165, 1.54) is 0 Å². The number of aromatic amines is 1. The molecule has 4 amide bonds. The lowest BCUT2D eigenvalue weighted by molar-refractivity contribution is -0.122. The molecule has 1 aromatic heterocycles. The van der Waals surface area contributed by atoms with E-state index >= 15 is 0 Å². The molecule has 4 N–H and O–H groups in total. The van der Waals surface area contributed by atoms with E-state index < -0.39 is 23.8 Å². The lowest BCUT2D eigenvalue weighted by atomic mass is 10.1. The van der Waals surface area contributed by atoms with Gasteiger partial charge in [0.05, 0.1) is 18.6 Å². The summed E-state index contributed by atoms with van der Waals surface area (Å²) in [5, 5.41) is 6.76. The number of benzene rings is 2. The number of carbonyl (C=O) groups excluding carboxylic acids is 3. The summed E-state index contributed by atoms with van der Waals surface area (Å²) in [6, 6.07) is 17.1. The maximum atomic E-state index is 13.4. The van der Waals surface area contributed by atoms with Crippen molar-refractivity contribution in [1.29, 1.82) is 0 Å². The van der Waals surface area contributed by atoms with Crippen LogP contribution in [0.25, 0.3) is 0 Å². The lowest BCUT2D eigenvalue weighted by Crippen LogP contribution is -2.56. The number of hydrogen-bond acceptors (Lipinski definition) is 5. The smallest absolute Gasteiger partial charge is 0.426 e. The first-order valence-corrected chi connectivity index (χ1v) is 12.1. The van der Waals surface area contributed by atoms with Gasteiger partial charge in [0.25, 0.3) is 0 Å². The molecule has 0 saturated heterocycles. The predicted octanol–water partition coefficient (Wildman–Crippen LogP) is 3.33. The van der Waals surface area contributed by atoms with Gasteiger partial charge in [0.1, 0.15) is 11.6 Å². The van der Waals surface area contributed by atoms with E-state index in [4.69, 9.17) is 4.74 Å². The molecule has 196 valence electrons. The Kier molecular flexibility index (Phi) is 9.65. The number of carbonyl (C=O) groups is 3. The summed E-state index contributed by atoms with van der Waals surface area (Å²) < 4.78 is 5.33. The van der Waals surface area contributed by atoms with Crippen LogP contribution in [0.1, 0.15) is 37.6 Å². The van der Waals surface area contributed by atoms with Crippen LogP contribution in [-0.4, -0.2) is 51.2 Å². The van der Waals surface area contributed by atoms with Crippen molar-refractivity contribution in [3.63, 3.8) is 0 Å². The fourth-order valence-electron chi connectivity index (χ4n) is 3.49. The molecule has 1 heterocycles. The Bertz CT molecular complexity index is 1130. The quantitative estimate of drug-likeness (QED) is 0.331. The van der Waals surface area contributed by atoms with E-state index in [-0.39, 0.29) is 18.9 Å². The maximum Gasteiger partial charge on any atom is 0.426 e. The molecule has 0 fully saturated rings. The first kappa shape index (κ1) is 27.3. The Morgan fingerprint density at radius 3 is 2.24 bits per heavy atom. The predicted molar refractivity (Wildman–Crippen MR) is 139 cm³/mol. The van der Waals surface area contributed by atoms with Crippen LogP contribution in [0.4, 0.5) is 9.59 Å². The summed E-state index contributed by atoms with van der Waals surface area (Å²) >= 11 is 0. The van der Waals surface area contributed by atoms with Gasteiger partial charge in [-0.3, -0.25) is 4.79 Å². The monoisotopic (exact) mass is 506 g/mol. The van der Waals surface area contributed by atoms with Crippen LogP contribution in [0.15, 0.2) is 73.2 Å². The lowest BCUT2D eigenvalue weighted by Gasteiger charge is -2.28. The number of nitrogens with zero attached hydrogens (tertiary/aromatic N) is 2. The van der Waals surface area contributed by atoms with E-state index in [0.29, 0.717) is 13.0 Å². The second-order valence-corrected chi connectivity index (χ2v) is 9.48. The van der Waals surface area contributed by atoms with Crippen molar-refractivity contribution in [2.75, 3.05) is 6.54 Å². The standard InChI is InChI=1S/C27H34N6O4/c1-27(2,3)37-26(36)32-33(18-21-12-8-5-9-13-21)25(35)31-23(16-20-10-6-4-7-11-20)24(34)29-15-14-22-17-28-19-30-22/h4-13,17,19,23H,14-16,18H2,1-3H3,(H,28,30)(H,29,34)(H,31,35)(H,32,36)/t23-/m0/s1. The second-order valence-electron chi connectivity index (χ2n) is 9.48. The zero-order chi connectivity index (χ0) is 26.7. The van der Waals surface area contributed by atoms with Crippen molar-refractivity contribution in [3.8, 4) is 0 Å². The summed E-state index contributed by atoms with van der Waals surface area (Å²) in [5.74, 6) is -0.343. The van der Waals surface area contributed by atoms with Crippen molar-refractivity contribution in [3.05, 3.63) is 90.0 Å². The van der Waals surface area contributed by atoms with E-state index in [2.05, 4.69) is 26.0 Å². The van der Waals surface area contributed by atoms with Gasteiger partial charge >= 0.3 is 12.1 Å². The molecule has 10 nitrogen and oxygen atoms in total. The van der Waals surface area contributed by atoms with E-state index in [1.54, 1.807) is 33.3 Å². The van der Waals surface area contributed by atoms with Gasteiger partial charge in [0.15, 0.2) is 0 Å². The minimum Gasteiger partial charge on any atom is -0.443 e. The number of H-pyrrole nitrogens is 1. The van der Waals surface area contributed by atoms with Crippen molar-refractivity contribution < 1.29 is 19.1 Å². The number of hydrogen-bond donors (Lipinski definition) is 4. The fraction of sp³-hybridized carbons (Fsp3) is 0.333. The number of urea groups is 1. The topological polar surface area (TPSA) is 128 Å². The largest absolute Gasteiger partial charge is 0.443 e. The van der Waals surface area contributed by atoms with Gasteiger partial charge in [-0.2, -0.15) is 0 Å². The summed E-state index contributed by atoms with van der Waals surface area (Å²) in [5.41, 5.74) is 4.25. The molecule has 10 heteroatoms. The summed E-state index contributed by atoms with van der Waals surface area (Å²) in [4.78, 5) is 46.0. The molecule has 37 heavy (non-hydrogen) atoms. The first-order chi connectivity index (χ1) is 17.7. The van der Waals surface area contributed by atoms with Crippen LogP contribution in [0.5, 0.6) is 0 Å². The number of rotatable bonds is 9. The van der Waals surface area contributed by atoms with Gasteiger partial charge in [0, 0.05) is 25.6 Å². The number of hydrazine groups is 1. The molecule has 2 aromatic carbocycles. The second kappa shape index (κ2) is 13.1. The van der Waals surface area contributed by atoms with Crippen molar-refractivity contribution in [2.45, 2.75) is 51.8 Å². The summed E-state index contributed by atoms with van der Waals surface area (Å²) in [6.07, 6.45) is 3.38. The first-order valence-electron chi connectivity index (χ1n) is 12.1. The fourth-order valence-corrected chi connectivity index (χ4v) is 3.49. The average molecular weight is 507 g/mol. The SMILES string of the molecule is CC(C)(C)OC(=O)NN(Cc1ccccc1)C(=O)N[C@@H](Cc1ccccc1)C(=O)NCCc1c[nH]cn1. The van der Waals surface area contributed by atoms with E-state index in [9.17, 15) is 14.4 Å². The molecule has 3 rings (SSSR count). The number of imidazole rings is 1. The molecule has 0 bridgehead atoms. The van der Waals surface area contributed by atoms with Gasteiger partial charge in [0.2, 0.25) is 5.91 Å². The summed E-state index contributed by atoms with van der Waals surface area (Å²) in [7, 11) is 0. The average Bonchev–Trinajstić information content (AvgIpc) is 3.37. The highest BCUT2D eigenvalue weighted by molar-refractivity contribution is 5.88. The third kappa shape index (κ3) is 9.67. The number of nitrogens with one attached hydrogen (secondary N) is 4. The third-order valence-electron chi connectivity index (χ3n) is 5.19. The Hall–Kier alpha value is -4.34. The molecular formula is C27H34N6O4. The van der Waals surface area contributed by atoms with Gasteiger partial charge in [-0.25, -0.2) is 25.0 Å². The number of ether oxygens (including phenoxy) is 1. The number of amides is 4. The Morgan fingerprint density at radius 1 is 1.00 bits per heavy atom. The zero-order valence-corrected chi connectivity index (χ0v) is 21.4. The zero-order valence-electron chi connectivity index (χ0n) is 21.4. The molecule has 0 unspecified atom stereocenters. The normalized spacial score (nSPS) is 11.8. The van der Waals surface area contributed by atoms with Gasteiger partial charge in [-0.15, -0.1) is 0 Å². The molecule has 0 aliphatic carbocycles. The van der Waals surface area contributed by atoms with Gasteiger partial charge in [-0.05, 0) is 31.9 Å². The van der Waals surface area contributed by atoms with E-state index in [1.807, 2.05) is 60.7 Å². The molecule has 0 saturated carbocycles. The van der Waals surface area contributed by atoms with Crippen LogP contribution in [0, 0.1) is 0 Å². The van der Waals surface area contributed by atoms with Crippen LogP contribution >= 0.6 is 0 Å². The summed E-state index contributed by atoms with van der Waals surface area (Å²) in [6.45, 7) is 5.63. The van der Waals surface area contributed by atoms with Crippen LogP contribution in [0.3, 0.4) is 0 Å². The third-order valence-corrected chi connectivity index (χ3v) is 5.19. The molecule has 0 aliphatic heterocycles. The Labute approximate surface area is 216 Å². The number of aromatic nitrogens is 2. The Morgan fingerprint density at radius 2 is 1.65 bits per heavy atom. The van der Waals surface area contributed by atoms with Gasteiger partial charge < -0.3 is 20.4 Å². The molecule has 0 radical (unpaired) electrons. The molecule has 0 aliphatic rings. The molecule has 1 atom stereocenters. The van der Waals surface area contributed by atoms with Gasteiger partial charge in [-0.1, -0.05) is 60.7 Å². The van der Waals surface area contributed by atoms with Crippen molar-refractivity contribution in [2.24, 2.45) is 0 Å². The van der Waals surface area contributed by atoms with Crippen LogP contribution in [0.2, 0.25) is 0 Å². The van der Waals surface area contributed by atoms with Crippen molar-refractivity contribution in [1.82, 2.24) is 31.0 Å². The van der Waals surface area contributed by atoms with Crippen LogP contribution < -0.4 is 16.1 Å². The molecule has 0 spiro atoms. The van der Waals surface area contributed by atoms with Crippen molar-refractivity contribution >= 4 is 18.0 Å². The minimum absolute atomic E-state index is 0.0742. The highest BCUT2D eigenvalue weighted by atomic mass is 16.6. The molecular weight excluding hydrogens is 472 g/mol. The highest BCUT2D eigenvalue weighted by Crippen LogP contribution is 2.10. The van der Waals surface area contributed by atoms with Crippen LogP contribution in [-0.2, 0) is 28.9 Å². The minimum atomic E-state index is -0.882. The van der Waals surface area contributed by atoms with E-state index in [0.717, 1.165) is 21.8 Å².